The average Bonchev–Trinajstić information content (AvgIpc) is 3.25. The maximum atomic E-state index is 12.8. The Morgan fingerprint density at radius 2 is 1.94 bits per heavy atom. The molecule has 1 aliphatic rings. The van der Waals surface area contributed by atoms with Crippen LogP contribution in [-0.4, -0.2) is 52.4 Å². The van der Waals surface area contributed by atoms with Crippen molar-refractivity contribution in [3.63, 3.8) is 0 Å². The van der Waals surface area contributed by atoms with Gasteiger partial charge in [-0.15, -0.1) is 10.2 Å². The van der Waals surface area contributed by atoms with Crippen molar-refractivity contribution in [3.8, 4) is 10.6 Å². The van der Waals surface area contributed by atoms with Gasteiger partial charge in [0.15, 0.2) is 0 Å². The number of aryl methyl sites for hydroxylation is 1. The molecule has 1 saturated heterocycles. The Kier molecular flexibility index (Phi) is 5.27. The zero-order valence-electron chi connectivity index (χ0n) is 16.9. The first kappa shape index (κ1) is 19.5. The fourth-order valence-electron chi connectivity index (χ4n) is 3.47. The van der Waals surface area contributed by atoms with Crippen molar-refractivity contribution in [1.29, 1.82) is 0 Å². The van der Waals surface area contributed by atoms with Crippen LogP contribution in [-0.2, 0) is 4.74 Å². The Hall–Kier alpha value is -3.43. The molecule has 5 rings (SSSR count). The summed E-state index contributed by atoms with van der Waals surface area (Å²) in [5.74, 6) is 1.05. The number of fused-ring (bicyclic) bond motifs is 1. The lowest BCUT2D eigenvalue weighted by Crippen LogP contribution is -2.36. The van der Waals surface area contributed by atoms with E-state index in [1.807, 2.05) is 31.2 Å². The van der Waals surface area contributed by atoms with Crippen molar-refractivity contribution in [2.24, 2.45) is 0 Å². The monoisotopic (exact) mass is 432 g/mol. The summed E-state index contributed by atoms with van der Waals surface area (Å²) in [6.07, 6.45) is 3.41. The summed E-state index contributed by atoms with van der Waals surface area (Å²) in [4.78, 5) is 23.7. The second kappa shape index (κ2) is 8.37. The van der Waals surface area contributed by atoms with Crippen LogP contribution >= 0.6 is 11.3 Å². The number of nitrogens with zero attached hydrogens (tertiary/aromatic N) is 5. The number of carbonyl (C=O) groups excluding carboxylic acids is 1. The Morgan fingerprint density at radius 1 is 1.06 bits per heavy atom. The van der Waals surface area contributed by atoms with Crippen molar-refractivity contribution < 1.29 is 9.53 Å². The van der Waals surface area contributed by atoms with E-state index >= 15 is 0 Å². The fraction of sp³-hybridized carbons (Fsp3) is 0.227. The molecular weight excluding hydrogens is 412 g/mol. The van der Waals surface area contributed by atoms with Crippen LogP contribution in [0, 0.1) is 6.92 Å². The molecule has 31 heavy (non-hydrogen) atoms. The van der Waals surface area contributed by atoms with E-state index in [-0.39, 0.29) is 5.91 Å². The number of nitrogens with one attached hydrogen (secondary N) is 1. The van der Waals surface area contributed by atoms with Crippen LogP contribution in [0.5, 0.6) is 0 Å². The van der Waals surface area contributed by atoms with Crippen LogP contribution in [0.15, 0.2) is 48.8 Å². The number of rotatable bonds is 4. The summed E-state index contributed by atoms with van der Waals surface area (Å²) in [6, 6.07) is 11.4. The van der Waals surface area contributed by atoms with Crippen LogP contribution < -0.4 is 10.2 Å². The smallest absolute Gasteiger partial charge is 0.257 e. The fourth-order valence-corrected chi connectivity index (χ4v) is 4.16. The summed E-state index contributed by atoms with van der Waals surface area (Å²) in [7, 11) is 0. The second-order valence-corrected chi connectivity index (χ2v) is 8.40. The molecule has 4 aromatic rings. The molecule has 9 heteroatoms. The molecule has 4 heterocycles. The van der Waals surface area contributed by atoms with Crippen LogP contribution in [0.1, 0.15) is 15.4 Å². The van der Waals surface area contributed by atoms with E-state index in [0.29, 0.717) is 24.6 Å². The minimum Gasteiger partial charge on any atom is -0.378 e. The Labute approximate surface area is 182 Å². The highest BCUT2D eigenvalue weighted by Gasteiger charge is 2.15. The highest BCUT2D eigenvalue weighted by Crippen LogP contribution is 2.27. The molecule has 156 valence electrons. The number of ether oxygens (including phenoxy) is 1. The summed E-state index contributed by atoms with van der Waals surface area (Å²) >= 11 is 1.55. The van der Waals surface area contributed by atoms with Crippen LogP contribution in [0.25, 0.3) is 21.3 Å². The van der Waals surface area contributed by atoms with Gasteiger partial charge >= 0.3 is 0 Å². The van der Waals surface area contributed by atoms with E-state index < -0.39 is 0 Å². The number of carbonyl (C=O) groups is 1. The number of hydrogen-bond donors (Lipinski definition) is 1. The number of hydrogen-bond acceptors (Lipinski definition) is 8. The van der Waals surface area contributed by atoms with E-state index in [0.717, 1.165) is 45.3 Å². The molecule has 0 spiro atoms. The van der Waals surface area contributed by atoms with Gasteiger partial charge in [0.25, 0.3) is 5.91 Å². The van der Waals surface area contributed by atoms with Gasteiger partial charge in [0, 0.05) is 42.0 Å². The lowest BCUT2D eigenvalue weighted by atomic mass is 10.1. The van der Waals surface area contributed by atoms with Crippen LogP contribution in [0.2, 0.25) is 0 Å². The van der Waals surface area contributed by atoms with Gasteiger partial charge in [-0.25, -0.2) is 9.97 Å². The molecule has 1 aromatic carbocycles. The van der Waals surface area contributed by atoms with Gasteiger partial charge in [0.2, 0.25) is 0 Å². The minimum atomic E-state index is -0.223. The van der Waals surface area contributed by atoms with Gasteiger partial charge in [0.05, 0.1) is 13.2 Å². The molecule has 0 aliphatic carbocycles. The van der Waals surface area contributed by atoms with Gasteiger partial charge in [0.1, 0.15) is 21.7 Å². The molecule has 3 aromatic heterocycles. The number of pyridine rings is 2. The second-order valence-electron chi connectivity index (χ2n) is 7.21. The zero-order valence-corrected chi connectivity index (χ0v) is 17.7. The Morgan fingerprint density at radius 3 is 2.74 bits per heavy atom. The maximum Gasteiger partial charge on any atom is 0.257 e. The first-order valence-electron chi connectivity index (χ1n) is 9.96. The number of aromatic nitrogens is 4. The number of morpholine rings is 1. The largest absolute Gasteiger partial charge is 0.378 e. The maximum absolute atomic E-state index is 12.8. The molecule has 8 nitrogen and oxygen atoms in total. The molecule has 0 atom stereocenters. The molecule has 0 bridgehead atoms. The molecule has 1 aliphatic heterocycles. The van der Waals surface area contributed by atoms with E-state index in [1.54, 1.807) is 35.9 Å². The Balaban J connectivity index is 1.37. The van der Waals surface area contributed by atoms with Crippen molar-refractivity contribution in [2.45, 2.75) is 6.92 Å². The summed E-state index contributed by atoms with van der Waals surface area (Å²) < 4.78 is 5.39. The number of benzene rings is 1. The summed E-state index contributed by atoms with van der Waals surface area (Å²) in [5, 5.41) is 15.0. The van der Waals surface area contributed by atoms with Crippen molar-refractivity contribution in [1.82, 2.24) is 20.2 Å². The van der Waals surface area contributed by atoms with Gasteiger partial charge < -0.3 is 15.0 Å². The van der Waals surface area contributed by atoms with E-state index in [2.05, 4.69) is 30.4 Å². The van der Waals surface area contributed by atoms with Gasteiger partial charge in [-0.05, 0) is 36.6 Å². The predicted octanol–water partition coefficient (Wildman–Crippen LogP) is 3.55. The summed E-state index contributed by atoms with van der Waals surface area (Å²) in [6.45, 7) is 4.79. The third-order valence-corrected chi connectivity index (χ3v) is 5.97. The van der Waals surface area contributed by atoms with Crippen molar-refractivity contribution in [2.75, 3.05) is 36.5 Å². The van der Waals surface area contributed by atoms with Gasteiger partial charge in [-0.3, -0.25) is 4.79 Å². The number of amides is 1. The van der Waals surface area contributed by atoms with Crippen molar-refractivity contribution in [3.05, 3.63) is 59.4 Å². The predicted molar refractivity (Wildman–Crippen MR) is 121 cm³/mol. The lowest BCUT2D eigenvalue weighted by Gasteiger charge is -2.27. The third-order valence-electron chi connectivity index (χ3n) is 5.08. The minimum absolute atomic E-state index is 0.223. The molecule has 1 amide bonds. The Bertz CT molecular complexity index is 1250. The lowest BCUT2D eigenvalue weighted by molar-refractivity contribution is 0.102. The highest BCUT2D eigenvalue weighted by molar-refractivity contribution is 7.14. The zero-order chi connectivity index (χ0) is 21.2. The number of anilines is 2. The molecular formula is C22H20N6O2S. The molecule has 1 N–H and O–H groups in total. The molecule has 1 fully saturated rings. The molecule has 0 saturated carbocycles. The molecule has 0 radical (unpaired) electrons. The highest BCUT2D eigenvalue weighted by atomic mass is 32.1. The van der Waals surface area contributed by atoms with Gasteiger partial charge in [-0.2, -0.15) is 0 Å². The van der Waals surface area contributed by atoms with E-state index in [4.69, 9.17) is 4.74 Å². The van der Waals surface area contributed by atoms with Crippen molar-refractivity contribution >= 4 is 39.7 Å². The average molecular weight is 433 g/mol. The first-order valence-corrected chi connectivity index (χ1v) is 10.8. The van der Waals surface area contributed by atoms with E-state index in [1.165, 1.54) is 0 Å². The SMILES string of the molecule is Cc1nnc(-c2ccc3cnc(NC(=O)c4ccnc(N5CCOCC5)c4)cc3c2)s1. The van der Waals surface area contributed by atoms with Crippen LogP contribution in [0.3, 0.4) is 0 Å². The van der Waals surface area contributed by atoms with Gasteiger partial charge in [-0.1, -0.05) is 23.5 Å². The third kappa shape index (κ3) is 4.23. The standard InChI is InChI=1S/C22H20N6O2S/c1-14-26-27-22(31-14)16-2-3-17-13-24-19(11-18(17)10-16)25-21(29)15-4-5-23-20(12-15)28-6-8-30-9-7-28/h2-5,10-13H,6-9H2,1H3,(H,24,25,29). The molecule has 0 unspecified atom stereocenters. The first-order chi connectivity index (χ1) is 15.2. The van der Waals surface area contributed by atoms with E-state index in [9.17, 15) is 4.79 Å². The summed E-state index contributed by atoms with van der Waals surface area (Å²) in [5.41, 5.74) is 1.53. The quantitative estimate of drug-likeness (QED) is 0.527. The topological polar surface area (TPSA) is 93.1 Å². The normalized spacial score (nSPS) is 14.0. The van der Waals surface area contributed by atoms with Crippen LogP contribution in [0.4, 0.5) is 11.6 Å².